The molecule has 0 saturated heterocycles. The van der Waals surface area contributed by atoms with Gasteiger partial charge in [0, 0.05) is 12.4 Å². The van der Waals surface area contributed by atoms with E-state index in [9.17, 15) is 19.8 Å². The molecule has 1 unspecified atom stereocenters. The van der Waals surface area contributed by atoms with Crippen LogP contribution in [0.4, 0.5) is 0 Å². The second-order valence-corrected chi connectivity index (χ2v) is 2.62. The summed E-state index contributed by atoms with van der Waals surface area (Å²) in [6.07, 6.45) is -2.89. The molecule has 7 heteroatoms. The molecule has 15 heavy (non-hydrogen) atoms. The van der Waals surface area contributed by atoms with Crippen LogP contribution in [0.1, 0.15) is 20.3 Å². The van der Waals surface area contributed by atoms with Gasteiger partial charge >= 0.3 is 59.1 Å². The second kappa shape index (κ2) is 14.6. The molecule has 1 atom stereocenters. The number of hydrogen-bond donors (Lipinski definition) is 1. The van der Waals surface area contributed by atoms with E-state index >= 15 is 0 Å². The van der Waals surface area contributed by atoms with Crippen LogP contribution < -0.4 is 69.3 Å². The summed E-state index contributed by atoms with van der Waals surface area (Å²) in [5.41, 5.74) is 1.17. The van der Waals surface area contributed by atoms with Crippen LogP contribution in [0.2, 0.25) is 0 Å². The predicted molar refractivity (Wildman–Crippen MR) is 41.1 cm³/mol. The average Bonchev–Trinajstić information content (AvgIpc) is 1.83. The van der Waals surface area contributed by atoms with Gasteiger partial charge in [-0.25, -0.2) is 0 Å². The monoisotopic (exact) mass is 234 g/mol. The van der Waals surface area contributed by atoms with Gasteiger partial charge in [-0.2, -0.15) is 0 Å². The van der Waals surface area contributed by atoms with E-state index in [1.807, 2.05) is 13.8 Å². The number of aliphatic hydroxyl groups excluding tert-OH is 1. The maximum Gasteiger partial charge on any atom is 1.00 e. The van der Waals surface area contributed by atoms with Crippen LogP contribution in [0.5, 0.6) is 0 Å². The topological polar surface area (TPSA) is 100 Å². The molecule has 0 fully saturated rings. The molecule has 0 heterocycles. The number of carbonyl (C=O) groups is 2. The van der Waals surface area contributed by atoms with Crippen molar-refractivity contribution in [1.82, 2.24) is 0 Å². The van der Waals surface area contributed by atoms with Gasteiger partial charge in [0.1, 0.15) is 0 Å². The summed E-state index contributed by atoms with van der Waals surface area (Å²) >= 11 is 0. The zero-order valence-electron chi connectivity index (χ0n) is 9.57. The van der Waals surface area contributed by atoms with Crippen LogP contribution in [0.25, 0.3) is 0 Å². The number of carboxylic acid groups (broad SMARTS) is 2. The maximum absolute atomic E-state index is 9.58. The van der Waals surface area contributed by atoms with E-state index in [4.69, 9.17) is 5.11 Å². The van der Waals surface area contributed by atoms with Crippen molar-refractivity contribution < 1.29 is 84.0 Å². The van der Waals surface area contributed by atoms with Crippen LogP contribution >= 0.6 is 0 Å². The minimum atomic E-state index is -1.96. The number of carbonyl (C=O) groups excluding carboxylic acids is 2. The Kier molecular flexibility index (Phi) is 24.1. The number of hydrogen-bond acceptors (Lipinski definition) is 5. The molecule has 0 aliphatic heterocycles. The zero-order valence-corrected chi connectivity index (χ0v) is 13.6. The van der Waals surface area contributed by atoms with E-state index in [0.717, 1.165) is 0 Å². The third-order valence-electron chi connectivity index (χ3n) is 0.632. The molecule has 0 saturated carbocycles. The Morgan fingerprint density at radius 3 is 1.60 bits per heavy atom. The number of rotatable bonds is 3. The summed E-state index contributed by atoms with van der Waals surface area (Å²) in [6, 6.07) is 0. The molecule has 1 N–H and O–H groups in total. The molecule has 0 aromatic rings. The van der Waals surface area contributed by atoms with E-state index in [1.54, 1.807) is 0 Å². The second-order valence-electron chi connectivity index (χ2n) is 2.62. The van der Waals surface area contributed by atoms with Crippen molar-refractivity contribution in [2.45, 2.75) is 26.4 Å². The molecule has 0 aromatic carbocycles. The third-order valence-corrected chi connectivity index (χ3v) is 0.632. The summed E-state index contributed by atoms with van der Waals surface area (Å²) in [7, 11) is 0. The fourth-order valence-electron chi connectivity index (χ4n) is 0.241. The van der Waals surface area contributed by atoms with Crippen molar-refractivity contribution in [3.8, 4) is 0 Å². The Bertz CT molecular complexity index is 201. The van der Waals surface area contributed by atoms with E-state index in [0.29, 0.717) is 0 Å². The molecule has 5 nitrogen and oxygen atoms in total. The van der Waals surface area contributed by atoms with E-state index < -0.39 is 24.5 Å². The van der Waals surface area contributed by atoms with Gasteiger partial charge in [-0.1, -0.05) is 5.57 Å². The van der Waals surface area contributed by atoms with Gasteiger partial charge in [-0.05, 0) is 13.8 Å². The molecule has 0 bridgehead atoms. The Balaban J connectivity index is -0.0000000883. The number of aliphatic hydroxyl groups is 1. The van der Waals surface area contributed by atoms with Crippen LogP contribution in [-0.4, -0.2) is 23.1 Å². The summed E-state index contributed by atoms with van der Waals surface area (Å²) in [5.74, 6) is -3.43. The molecule has 0 aromatic heterocycles. The molecule has 76 valence electrons. The molecule has 0 radical (unpaired) electrons. The first-order valence-corrected chi connectivity index (χ1v) is 3.48. The molecule has 0 amide bonds. The first-order chi connectivity index (χ1) is 5.77. The molecule has 0 spiro atoms. The van der Waals surface area contributed by atoms with Gasteiger partial charge < -0.3 is 24.9 Å². The van der Waals surface area contributed by atoms with E-state index in [1.165, 1.54) is 5.57 Å². The van der Waals surface area contributed by atoms with E-state index in [2.05, 4.69) is 6.58 Å². The first kappa shape index (κ1) is 24.7. The molecular formula is C8H12Na2O5. The summed E-state index contributed by atoms with van der Waals surface area (Å²) in [6.45, 7) is 7.50. The predicted octanol–water partition coefficient (Wildman–Crippen LogP) is -8.17. The zero-order chi connectivity index (χ0) is 11.0. The van der Waals surface area contributed by atoms with Crippen molar-refractivity contribution in [3.63, 3.8) is 0 Å². The number of aliphatic carboxylic acids is 2. The van der Waals surface area contributed by atoms with Crippen molar-refractivity contribution >= 4 is 11.9 Å². The average molecular weight is 234 g/mol. The minimum absolute atomic E-state index is 0. The van der Waals surface area contributed by atoms with Crippen molar-refractivity contribution in [2.75, 3.05) is 0 Å². The molecular weight excluding hydrogens is 222 g/mol. The fraction of sp³-hybridized carbons (Fsp3) is 0.500. The Morgan fingerprint density at radius 2 is 1.53 bits per heavy atom. The van der Waals surface area contributed by atoms with Crippen LogP contribution in [0, 0.1) is 0 Å². The van der Waals surface area contributed by atoms with Gasteiger partial charge in [0.15, 0.2) is 0 Å². The van der Waals surface area contributed by atoms with E-state index in [-0.39, 0.29) is 59.1 Å². The van der Waals surface area contributed by atoms with Gasteiger partial charge in [0.25, 0.3) is 0 Å². The fourth-order valence-corrected chi connectivity index (χ4v) is 0.241. The van der Waals surface area contributed by atoms with Crippen molar-refractivity contribution in [3.05, 3.63) is 12.2 Å². The summed E-state index contributed by atoms with van der Waals surface area (Å²) in [5, 5.41) is 27.3. The van der Waals surface area contributed by atoms with Gasteiger partial charge in [-0.15, -0.1) is 6.58 Å². The summed E-state index contributed by atoms with van der Waals surface area (Å²) in [4.78, 5) is 19.1. The largest absolute Gasteiger partial charge is 1.00 e. The van der Waals surface area contributed by atoms with Crippen LogP contribution in [0.3, 0.4) is 0 Å². The summed E-state index contributed by atoms with van der Waals surface area (Å²) < 4.78 is 0. The van der Waals surface area contributed by atoms with Gasteiger partial charge in [0.05, 0.1) is 12.1 Å². The molecule has 0 aliphatic carbocycles. The number of carboxylic acids is 2. The van der Waals surface area contributed by atoms with Crippen molar-refractivity contribution in [1.29, 1.82) is 0 Å². The smallest absolute Gasteiger partial charge is 0.550 e. The Labute approximate surface area is 133 Å². The standard InChI is InChI=1S/C4H6O5.C4H8.2Na/c5-2(4(8)9)1-3(6)7;1-4(2)3;;/h2,5H,1H2,(H,6,7)(H,8,9);1H2,2-3H3;;/q;;2*+1/p-2. The Hall–Kier alpha value is 0.640. The minimum Gasteiger partial charge on any atom is -0.550 e. The van der Waals surface area contributed by atoms with Crippen LogP contribution in [0.15, 0.2) is 12.2 Å². The first-order valence-electron chi connectivity index (χ1n) is 3.48. The van der Waals surface area contributed by atoms with Crippen LogP contribution in [-0.2, 0) is 9.59 Å². The quantitative estimate of drug-likeness (QED) is 0.386. The van der Waals surface area contributed by atoms with Crippen molar-refractivity contribution in [2.24, 2.45) is 0 Å². The number of allylic oxidation sites excluding steroid dienone is 1. The SMILES string of the molecule is C=C(C)C.O=C([O-])CC(O)C(=O)[O-].[Na+].[Na+]. The normalized spacial score (nSPS) is 9.27. The molecule has 0 rings (SSSR count). The maximum atomic E-state index is 9.58. The van der Waals surface area contributed by atoms with Gasteiger partial charge in [0.2, 0.25) is 0 Å². The van der Waals surface area contributed by atoms with Gasteiger partial charge in [-0.3, -0.25) is 0 Å². The molecule has 0 aliphatic rings. The Morgan fingerprint density at radius 1 is 1.27 bits per heavy atom. The third kappa shape index (κ3) is 31.3.